The first-order valence-corrected chi connectivity index (χ1v) is 16.2. The number of nitrogens with zero attached hydrogens (tertiary/aromatic N) is 6. The number of nitrogens with one attached hydrogen (secondary N) is 1. The molecule has 0 fully saturated rings. The molecule has 2 aromatic heterocycles. The first kappa shape index (κ1) is 41.4. The van der Waals surface area contributed by atoms with Gasteiger partial charge in [-0.1, -0.05) is 37.3 Å². The fourth-order valence-electron chi connectivity index (χ4n) is 5.22. The number of hydrogen-bond acceptors (Lipinski definition) is 10. The SMILES string of the molecule is CNCC(=O)OCc1ccccc1N(C)C(=O)OC[n+]1cnn(CC(O)(c2cc(F)ccc2F)C(C)c2nc(-c3ccc(C#N)cc3)cs2)c1.Cl.[Cl-]. The summed E-state index contributed by atoms with van der Waals surface area (Å²) in [5.41, 5.74) is 0.638. The molecule has 0 aliphatic rings. The summed E-state index contributed by atoms with van der Waals surface area (Å²) in [5, 5.41) is 30.6. The van der Waals surface area contributed by atoms with E-state index in [1.165, 1.54) is 45.2 Å². The molecule has 274 valence electrons. The van der Waals surface area contributed by atoms with Crippen LogP contribution in [0.3, 0.4) is 0 Å². The van der Waals surface area contributed by atoms with Crippen molar-refractivity contribution in [2.75, 3.05) is 25.5 Å². The Labute approximate surface area is 315 Å². The number of halogens is 4. The topological polar surface area (TPSA) is 146 Å². The van der Waals surface area contributed by atoms with Crippen molar-refractivity contribution < 1.29 is 49.9 Å². The van der Waals surface area contributed by atoms with Crippen molar-refractivity contribution in [1.82, 2.24) is 20.1 Å². The molecular weight excluding hydrogens is 739 g/mol. The number of para-hydroxylation sites is 1. The quantitative estimate of drug-likeness (QED) is 0.136. The number of nitriles is 1. The number of aliphatic hydroxyl groups is 1. The van der Waals surface area contributed by atoms with E-state index in [1.54, 1.807) is 67.9 Å². The standard InChI is InChI=1S/C35H34F2N7O5S.2ClH/c1-23(33-41-30(18-50-33)25-10-8-24(15-38)9-11-25)35(47,28-14-27(36)12-13-29(28)37)19-44-21-43(20-40-44)22-49-34(46)42(3)31-7-5-4-6-26(31)17-48-32(45)16-39-2;;/h4-14,18,20-21,23,39,47H,16-17,19,22H2,1-3H3;2*1H/q+1;;/p-1. The molecule has 12 nitrogen and oxygen atoms in total. The zero-order valence-electron chi connectivity index (χ0n) is 28.2. The zero-order chi connectivity index (χ0) is 35.8. The third-order valence-electron chi connectivity index (χ3n) is 8.02. The maximum atomic E-state index is 15.3. The molecule has 0 bridgehead atoms. The minimum atomic E-state index is -2.02. The number of benzene rings is 3. The van der Waals surface area contributed by atoms with Crippen molar-refractivity contribution in [3.05, 3.63) is 118 Å². The second-order valence-corrected chi connectivity index (χ2v) is 12.3. The lowest BCUT2D eigenvalue weighted by Crippen LogP contribution is -3.00. The van der Waals surface area contributed by atoms with E-state index >= 15 is 4.39 Å². The van der Waals surface area contributed by atoms with Gasteiger partial charge < -0.3 is 32.3 Å². The number of esters is 1. The Balaban J connectivity index is 0.00000364. The molecule has 52 heavy (non-hydrogen) atoms. The average molecular weight is 775 g/mol. The Bertz CT molecular complexity index is 2030. The van der Waals surface area contributed by atoms with Crippen LogP contribution in [0.4, 0.5) is 19.3 Å². The number of carbonyl (C=O) groups is 2. The van der Waals surface area contributed by atoms with Gasteiger partial charge in [0, 0.05) is 40.1 Å². The maximum Gasteiger partial charge on any atom is 0.416 e. The highest BCUT2D eigenvalue weighted by molar-refractivity contribution is 7.10. The van der Waals surface area contributed by atoms with E-state index in [0.717, 1.165) is 23.8 Å². The van der Waals surface area contributed by atoms with Gasteiger partial charge in [0.25, 0.3) is 6.33 Å². The average Bonchev–Trinajstić information content (AvgIpc) is 3.80. The van der Waals surface area contributed by atoms with Crippen molar-refractivity contribution >= 4 is 41.5 Å². The summed E-state index contributed by atoms with van der Waals surface area (Å²) in [6.07, 6.45) is 2.12. The number of aromatic nitrogens is 4. The largest absolute Gasteiger partial charge is 1.00 e. The molecule has 2 heterocycles. The molecule has 0 aliphatic heterocycles. The molecule has 2 N–H and O–H groups in total. The highest BCUT2D eigenvalue weighted by Gasteiger charge is 2.43. The number of ether oxygens (including phenoxy) is 2. The Kier molecular flexibility index (Phi) is 14.7. The predicted octanol–water partition coefficient (Wildman–Crippen LogP) is 2.05. The molecule has 0 saturated carbocycles. The monoisotopic (exact) mass is 773 g/mol. The second kappa shape index (κ2) is 18.5. The predicted molar refractivity (Wildman–Crippen MR) is 186 cm³/mol. The van der Waals surface area contributed by atoms with Crippen LogP contribution in [-0.4, -0.2) is 52.6 Å². The minimum absolute atomic E-state index is 0. The van der Waals surface area contributed by atoms with Crippen LogP contribution in [0.1, 0.15) is 34.5 Å². The van der Waals surface area contributed by atoms with Crippen LogP contribution < -0.4 is 27.2 Å². The third kappa shape index (κ3) is 9.66. The van der Waals surface area contributed by atoms with E-state index in [0.29, 0.717) is 27.5 Å². The second-order valence-electron chi connectivity index (χ2n) is 11.4. The lowest BCUT2D eigenvalue weighted by atomic mass is 9.82. The van der Waals surface area contributed by atoms with Crippen molar-refractivity contribution in [3.63, 3.8) is 0 Å². The number of likely N-dealkylation sites (N-methyl/N-ethyl adjacent to an activating group) is 1. The van der Waals surface area contributed by atoms with Crippen LogP contribution in [0.15, 0.2) is 84.8 Å². The highest BCUT2D eigenvalue weighted by Crippen LogP contribution is 2.41. The summed E-state index contributed by atoms with van der Waals surface area (Å²) < 4.78 is 43.2. The van der Waals surface area contributed by atoms with Crippen molar-refractivity contribution in [2.24, 2.45) is 0 Å². The molecule has 0 spiro atoms. The van der Waals surface area contributed by atoms with Crippen LogP contribution in [0.5, 0.6) is 0 Å². The molecule has 5 aromatic rings. The normalized spacial score (nSPS) is 12.3. The van der Waals surface area contributed by atoms with Gasteiger partial charge in [-0.15, -0.1) is 28.4 Å². The highest BCUT2D eigenvalue weighted by atomic mass is 35.5. The first-order chi connectivity index (χ1) is 24.0. The molecule has 0 saturated heterocycles. The van der Waals surface area contributed by atoms with Crippen LogP contribution in [0.2, 0.25) is 0 Å². The van der Waals surface area contributed by atoms with Crippen molar-refractivity contribution in [1.29, 1.82) is 5.26 Å². The van der Waals surface area contributed by atoms with E-state index < -0.39 is 35.2 Å². The fraction of sp³-hybridized carbons (Fsp3) is 0.257. The zero-order valence-corrected chi connectivity index (χ0v) is 30.6. The number of amides is 1. The Hall–Kier alpha value is -4.98. The van der Waals surface area contributed by atoms with Crippen molar-refractivity contribution in [2.45, 2.75) is 38.3 Å². The number of thiazole rings is 1. The molecule has 1 amide bonds. The number of carbonyl (C=O) groups excluding carboxylic acids is 2. The third-order valence-corrected chi connectivity index (χ3v) is 9.05. The van der Waals surface area contributed by atoms with Crippen LogP contribution in [0.25, 0.3) is 11.3 Å². The minimum Gasteiger partial charge on any atom is -1.00 e. The van der Waals surface area contributed by atoms with Gasteiger partial charge in [-0.25, -0.2) is 23.1 Å². The van der Waals surface area contributed by atoms with Crippen LogP contribution in [-0.2, 0) is 39.8 Å². The van der Waals surface area contributed by atoms with E-state index in [-0.39, 0.29) is 56.8 Å². The summed E-state index contributed by atoms with van der Waals surface area (Å²) in [7, 11) is 3.15. The van der Waals surface area contributed by atoms with E-state index in [2.05, 4.69) is 21.5 Å². The smallest absolute Gasteiger partial charge is 0.416 e. The van der Waals surface area contributed by atoms with Crippen LogP contribution in [0, 0.1) is 23.0 Å². The summed E-state index contributed by atoms with van der Waals surface area (Å²) in [6.45, 7) is 1.11. The number of anilines is 1. The maximum absolute atomic E-state index is 15.3. The fourth-order valence-corrected chi connectivity index (χ4v) is 6.19. The Morgan fingerprint density at radius 2 is 1.88 bits per heavy atom. The molecule has 3 aromatic carbocycles. The van der Waals surface area contributed by atoms with Crippen molar-refractivity contribution in [3.8, 4) is 17.3 Å². The van der Waals surface area contributed by atoms with Gasteiger partial charge in [-0.05, 0) is 43.4 Å². The van der Waals surface area contributed by atoms with Gasteiger partial charge >= 0.3 is 12.1 Å². The van der Waals surface area contributed by atoms with E-state index in [1.807, 2.05) is 0 Å². The first-order valence-electron chi connectivity index (χ1n) is 15.4. The van der Waals surface area contributed by atoms with Gasteiger partial charge in [0.05, 0.1) is 34.6 Å². The van der Waals surface area contributed by atoms with Gasteiger partial charge in [0.1, 0.15) is 30.4 Å². The lowest BCUT2D eigenvalue weighted by Gasteiger charge is -2.32. The summed E-state index contributed by atoms with van der Waals surface area (Å²) in [4.78, 5) is 30.8. The molecule has 17 heteroatoms. The van der Waals surface area contributed by atoms with Gasteiger partial charge in [0.2, 0.25) is 13.1 Å². The molecule has 5 rings (SSSR count). The molecule has 2 atom stereocenters. The molecular formula is C35H35Cl2F2N7O5S. The lowest BCUT2D eigenvalue weighted by molar-refractivity contribution is -0.727. The van der Waals surface area contributed by atoms with Gasteiger partial charge in [-0.2, -0.15) is 5.26 Å². The summed E-state index contributed by atoms with van der Waals surface area (Å²) in [6, 6.07) is 18.7. The number of rotatable bonds is 13. The molecule has 2 unspecified atom stereocenters. The summed E-state index contributed by atoms with van der Waals surface area (Å²) in [5.74, 6) is -2.81. The van der Waals surface area contributed by atoms with E-state index in [9.17, 15) is 19.1 Å². The molecule has 0 aliphatic carbocycles. The van der Waals surface area contributed by atoms with Gasteiger partial charge in [-0.3, -0.25) is 9.69 Å². The number of hydrogen-bond donors (Lipinski definition) is 2. The van der Waals surface area contributed by atoms with Crippen LogP contribution >= 0.6 is 23.7 Å². The van der Waals surface area contributed by atoms with E-state index in [4.69, 9.17) is 14.7 Å². The van der Waals surface area contributed by atoms with Gasteiger partial charge in [0.15, 0.2) is 0 Å². The Morgan fingerprint density at radius 3 is 2.60 bits per heavy atom. The Morgan fingerprint density at radius 1 is 1.15 bits per heavy atom. The summed E-state index contributed by atoms with van der Waals surface area (Å²) >= 11 is 1.25. The molecule has 0 radical (unpaired) electrons.